The summed E-state index contributed by atoms with van der Waals surface area (Å²) in [4.78, 5) is 0. The van der Waals surface area contributed by atoms with Crippen LogP contribution in [0, 0.1) is 5.82 Å². The van der Waals surface area contributed by atoms with Crippen LogP contribution < -0.4 is 5.32 Å². The Kier molecular flexibility index (Phi) is 2.60. The van der Waals surface area contributed by atoms with E-state index in [9.17, 15) is 4.39 Å². The van der Waals surface area contributed by atoms with Crippen LogP contribution in [0.25, 0.3) is 0 Å². The largest absolute Gasteiger partial charge is 0.344 e. The number of benzene rings is 1. The number of hydrogen-bond acceptors (Lipinski definition) is 0. The van der Waals surface area contributed by atoms with Crippen LogP contribution in [0.1, 0.15) is 18.4 Å². The number of halogens is 1. The highest BCUT2D eigenvalue weighted by Gasteiger charge is 2.19. The van der Waals surface area contributed by atoms with Gasteiger partial charge in [0.05, 0.1) is 12.6 Å². The highest BCUT2D eigenvalue weighted by atomic mass is 19.1. The van der Waals surface area contributed by atoms with Gasteiger partial charge in [0.15, 0.2) is 0 Å². The molecular weight excluding hydrogens is 165 g/mol. The molecular formula is C11H15FN+. The summed E-state index contributed by atoms with van der Waals surface area (Å²) >= 11 is 0. The monoisotopic (exact) mass is 180 g/mol. The highest BCUT2D eigenvalue weighted by molar-refractivity contribution is 5.17. The summed E-state index contributed by atoms with van der Waals surface area (Å²) in [6.45, 7) is 1.21. The Morgan fingerprint density at radius 2 is 2.23 bits per heavy atom. The second-order valence-electron chi connectivity index (χ2n) is 3.72. The van der Waals surface area contributed by atoms with Crippen molar-refractivity contribution >= 4 is 0 Å². The van der Waals surface area contributed by atoms with E-state index in [1.165, 1.54) is 19.4 Å². The van der Waals surface area contributed by atoms with Crippen molar-refractivity contribution in [1.82, 2.24) is 0 Å². The summed E-state index contributed by atoms with van der Waals surface area (Å²) in [6.07, 6.45) is 3.39. The molecule has 1 aromatic carbocycles. The maximum atomic E-state index is 13.2. The van der Waals surface area contributed by atoms with Gasteiger partial charge in [-0.15, -0.1) is 0 Å². The topological polar surface area (TPSA) is 16.6 Å². The van der Waals surface area contributed by atoms with Crippen molar-refractivity contribution in [1.29, 1.82) is 0 Å². The molecule has 2 N–H and O–H groups in total. The molecule has 0 spiro atoms. The summed E-state index contributed by atoms with van der Waals surface area (Å²) in [7, 11) is 0. The molecule has 1 saturated heterocycles. The van der Waals surface area contributed by atoms with Gasteiger partial charge in [0.1, 0.15) is 5.82 Å². The van der Waals surface area contributed by atoms with Gasteiger partial charge < -0.3 is 5.32 Å². The average molecular weight is 180 g/mol. The van der Waals surface area contributed by atoms with E-state index in [4.69, 9.17) is 0 Å². The zero-order valence-electron chi connectivity index (χ0n) is 7.67. The first kappa shape index (κ1) is 8.70. The van der Waals surface area contributed by atoms with Crippen LogP contribution in [0.5, 0.6) is 0 Å². The Morgan fingerprint density at radius 3 is 2.92 bits per heavy atom. The molecule has 1 aliphatic rings. The van der Waals surface area contributed by atoms with Crippen molar-refractivity contribution in [3.8, 4) is 0 Å². The Balaban J connectivity index is 2.04. The van der Waals surface area contributed by atoms with Crippen molar-refractivity contribution in [2.24, 2.45) is 0 Å². The van der Waals surface area contributed by atoms with Crippen molar-refractivity contribution in [2.45, 2.75) is 25.3 Å². The molecule has 0 amide bonds. The van der Waals surface area contributed by atoms with E-state index >= 15 is 0 Å². The molecule has 2 rings (SSSR count). The van der Waals surface area contributed by atoms with Crippen LogP contribution in [-0.2, 0) is 6.42 Å². The van der Waals surface area contributed by atoms with Gasteiger partial charge in [-0.05, 0) is 11.6 Å². The van der Waals surface area contributed by atoms with Crippen LogP contribution >= 0.6 is 0 Å². The summed E-state index contributed by atoms with van der Waals surface area (Å²) < 4.78 is 13.2. The molecule has 2 heteroatoms. The predicted molar refractivity (Wildman–Crippen MR) is 49.9 cm³/mol. The third kappa shape index (κ3) is 2.07. The van der Waals surface area contributed by atoms with Crippen LogP contribution in [0.3, 0.4) is 0 Å². The molecule has 1 heterocycles. The molecule has 0 aromatic heterocycles. The van der Waals surface area contributed by atoms with Crippen molar-refractivity contribution in [2.75, 3.05) is 6.54 Å². The second kappa shape index (κ2) is 3.88. The number of nitrogens with two attached hydrogens (primary N) is 1. The van der Waals surface area contributed by atoms with E-state index in [-0.39, 0.29) is 5.82 Å². The lowest BCUT2D eigenvalue weighted by atomic mass is 10.0. The first-order chi connectivity index (χ1) is 6.36. The molecule has 0 radical (unpaired) electrons. The average Bonchev–Trinajstić information content (AvgIpc) is 2.61. The predicted octanol–water partition coefficient (Wildman–Crippen LogP) is 1.09. The van der Waals surface area contributed by atoms with Gasteiger partial charge in [0.25, 0.3) is 0 Å². The minimum absolute atomic E-state index is 0.0530. The van der Waals surface area contributed by atoms with Crippen LogP contribution in [0.4, 0.5) is 4.39 Å². The van der Waals surface area contributed by atoms with Gasteiger partial charge in [0, 0.05) is 19.3 Å². The van der Waals surface area contributed by atoms with E-state index < -0.39 is 0 Å². The number of rotatable bonds is 2. The maximum Gasteiger partial charge on any atom is 0.126 e. The number of quaternary nitrogens is 1. The van der Waals surface area contributed by atoms with Crippen molar-refractivity contribution in [3.05, 3.63) is 35.6 Å². The molecule has 1 fully saturated rings. The first-order valence-electron chi connectivity index (χ1n) is 4.93. The Hall–Kier alpha value is -0.890. The minimum atomic E-state index is -0.0530. The molecule has 1 aliphatic heterocycles. The molecule has 0 saturated carbocycles. The summed E-state index contributed by atoms with van der Waals surface area (Å²) in [5, 5.41) is 2.33. The highest BCUT2D eigenvalue weighted by Crippen LogP contribution is 2.11. The minimum Gasteiger partial charge on any atom is -0.344 e. The third-order valence-corrected chi connectivity index (χ3v) is 2.72. The van der Waals surface area contributed by atoms with Gasteiger partial charge in [0.2, 0.25) is 0 Å². The van der Waals surface area contributed by atoms with Gasteiger partial charge >= 0.3 is 0 Å². The van der Waals surface area contributed by atoms with E-state index in [0.717, 1.165) is 12.0 Å². The zero-order chi connectivity index (χ0) is 9.10. The summed E-state index contributed by atoms with van der Waals surface area (Å²) in [5.41, 5.74) is 0.866. The SMILES string of the molecule is Fc1ccccc1C[C@@H]1CCC[NH2+]1. The number of hydrogen-bond donors (Lipinski definition) is 1. The normalized spacial score (nSPS) is 22.1. The molecule has 0 unspecified atom stereocenters. The van der Waals surface area contributed by atoms with E-state index in [1.54, 1.807) is 12.1 Å². The molecule has 0 aliphatic carbocycles. The standard InChI is InChI=1S/C11H14FN/c12-11-6-2-1-4-9(11)8-10-5-3-7-13-10/h1-2,4,6,10,13H,3,5,7-8H2/p+1/t10-/m0/s1. The third-order valence-electron chi connectivity index (χ3n) is 2.72. The van der Waals surface area contributed by atoms with Crippen LogP contribution in [0.15, 0.2) is 24.3 Å². The molecule has 0 bridgehead atoms. The Morgan fingerprint density at radius 1 is 1.38 bits per heavy atom. The summed E-state index contributed by atoms with van der Waals surface area (Å²) in [6, 6.07) is 7.70. The molecule has 1 aromatic rings. The lowest BCUT2D eigenvalue weighted by Gasteiger charge is -2.07. The smallest absolute Gasteiger partial charge is 0.126 e. The molecule has 1 nitrogen and oxygen atoms in total. The molecule has 1 atom stereocenters. The Labute approximate surface area is 78.0 Å². The fourth-order valence-corrected chi connectivity index (χ4v) is 1.98. The van der Waals surface area contributed by atoms with Crippen LogP contribution in [0.2, 0.25) is 0 Å². The van der Waals surface area contributed by atoms with Crippen LogP contribution in [-0.4, -0.2) is 12.6 Å². The van der Waals surface area contributed by atoms with Gasteiger partial charge in [-0.2, -0.15) is 0 Å². The summed E-state index contributed by atoms with van der Waals surface area (Å²) in [5.74, 6) is -0.0530. The van der Waals surface area contributed by atoms with Crippen molar-refractivity contribution in [3.63, 3.8) is 0 Å². The lowest BCUT2D eigenvalue weighted by molar-refractivity contribution is -0.669. The van der Waals surface area contributed by atoms with Gasteiger partial charge in [-0.3, -0.25) is 0 Å². The maximum absolute atomic E-state index is 13.2. The van der Waals surface area contributed by atoms with Gasteiger partial charge in [-0.1, -0.05) is 18.2 Å². The Bertz CT molecular complexity index is 279. The molecule has 70 valence electrons. The van der Waals surface area contributed by atoms with E-state index in [0.29, 0.717) is 6.04 Å². The van der Waals surface area contributed by atoms with E-state index in [1.807, 2.05) is 12.1 Å². The first-order valence-corrected chi connectivity index (χ1v) is 4.93. The van der Waals surface area contributed by atoms with Crippen molar-refractivity contribution < 1.29 is 9.71 Å². The lowest BCUT2D eigenvalue weighted by Crippen LogP contribution is -2.87. The molecule has 13 heavy (non-hydrogen) atoms. The fourth-order valence-electron chi connectivity index (χ4n) is 1.98. The zero-order valence-corrected chi connectivity index (χ0v) is 7.67. The quantitative estimate of drug-likeness (QED) is 0.701. The fraction of sp³-hybridized carbons (Fsp3) is 0.455. The second-order valence-corrected chi connectivity index (χ2v) is 3.72. The van der Waals surface area contributed by atoms with Gasteiger partial charge in [-0.25, -0.2) is 4.39 Å². The van der Waals surface area contributed by atoms with E-state index in [2.05, 4.69) is 5.32 Å².